The van der Waals surface area contributed by atoms with Crippen LogP contribution in [0.3, 0.4) is 0 Å². The van der Waals surface area contributed by atoms with Gasteiger partial charge in [0.2, 0.25) is 0 Å². The van der Waals surface area contributed by atoms with Crippen molar-refractivity contribution < 1.29 is 4.74 Å². The van der Waals surface area contributed by atoms with E-state index >= 15 is 0 Å². The van der Waals surface area contributed by atoms with E-state index in [0.717, 1.165) is 26.1 Å². The van der Waals surface area contributed by atoms with E-state index in [4.69, 9.17) is 4.74 Å². The fourth-order valence-corrected chi connectivity index (χ4v) is 0.614. The third-order valence-electron chi connectivity index (χ3n) is 1.10. The molecular weight excluding hydrogens is 112 g/mol. The van der Waals surface area contributed by atoms with Crippen molar-refractivity contribution in [3.8, 4) is 0 Å². The minimum Gasteiger partial charge on any atom is -0.382 e. The Morgan fingerprint density at radius 2 is 2.22 bits per heavy atom. The molecule has 0 spiro atoms. The predicted octanol–water partition coefficient (Wildman–Crippen LogP) is 2.38. The number of hydrogen-bond donors (Lipinski definition) is 0. The lowest BCUT2D eigenvalue weighted by Gasteiger charge is -1.95. The van der Waals surface area contributed by atoms with Crippen LogP contribution in [0.5, 0.6) is 0 Å². The summed E-state index contributed by atoms with van der Waals surface area (Å²) in [5, 5.41) is 0. The summed E-state index contributed by atoms with van der Waals surface area (Å²) in [4.78, 5) is 0. The first-order valence-electron chi connectivity index (χ1n) is 3.60. The molecule has 0 rings (SSSR count). The number of unbranched alkanes of at least 4 members (excludes halogenated alkanes) is 1. The molecule has 0 aliphatic carbocycles. The van der Waals surface area contributed by atoms with Crippen LogP contribution in [0.15, 0.2) is 12.2 Å². The van der Waals surface area contributed by atoms with Gasteiger partial charge < -0.3 is 4.74 Å². The molecule has 1 heteroatoms. The van der Waals surface area contributed by atoms with Crippen LogP contribution < -0.4 is 0 Å². The molecule has 0 aromatic carbocycles. The highest BCUT2D eigenvalue weighted by atomic mass is 16.5. The third kappa shape index (κ3) is 7.70. The Hall–Kier alpha value is -0.300. The van der Waals surface area contributed by atoms with E-state index < -0.39 is 0 Å². The van der Waals surface area contributed by atoms with Crippen molar-refractivity contribution >= 4 is 0 Å². The highest BCUT2D eigenvalue weighted by Gasteiger charge is 1.81. The first-order valence-corrected chi connectivity index (χ1v) is 3.60. The highest BCUT2D eigenvalue weighted by Crippen LogP contribution is 1.90. The Morgan fingerprint density at radius 3 is 2.78 bits per heavy atom. The van der Waals surface area contributed by atoms with Gasteiger partial charge in [-0.3, -0.25) is 0 Å². The molecule has 0 fully saturated rings. The van der Waals surface area contributed by atoms with Crippen LogP contribution in [0.2, 0.25) is 0 Å². The van der Waals surface area contributed by atoms with Gasteiger partial charge in [-0.25, -0.2) is 0 Å². The van der Waals surface area contributed by atoms with Crippen LogP contribution in [-0.2, 0) is 4.74 Å². The van der Waals surface area contributed by atoms with Crippen molar-refractivity contribution in [3.63, 3.8) is 0 Å². The number of rotatable bonds is 5. The van der Waals surface area contributed by atoms with E-state index in [1.54, 1.807) is 0 Å². The minimum absolute atomic E-state index is 0.843. The van der Waals surface area contributed by atoms with Gasteiger partial charge in [-0.2, -0.15) is 0 Å². The smallest absolute Gasteiger partial charge is 0.0468 e. The van der Waals surface area contributed by atoms with E-state index in [0.29, 0.717) is 0 Å². The first kappa shape index (κ1) is 8.70. The molecule has 9 heavy (non-hydrogen) atoms. The number of hydrogen-bond acceptors (Lipinski definition) is 1. The van der Waals surface area contributed by atoms with Gasteiger partial charge in [-0.1, -0.05) is 12.2 Å². The van der Waals surface area contributed by atoms with Crippen LogP contribution in [0.4, 0.5) is 0 Å². The molecule has 54 valence electrons. The summed E-state index contributed by atoms with van der Waals surface area (Å²) in [7, 11) is 0. The second kappa shape index (κ2) is 7.70. The molecule has 0 atom stereocenters. The topological polar surface area (TPSA) is 9.23 Å². The molecule has 0 unspecified atom stereocenters. The van der Waals surface area contributed by atoms with Gasteiger partial charge in [0.05, 0.1) is 0 Å². The van der Waals surface area contributed by atoms with Crippen molar-refractivity contribution in [1.29, 1.82) is 0 Å². The van der Waals surface area contributed by atoms with Gasteiger partial charge in [0.1, 0.15) is 0 Å². The summed E-state index contributed by atoms with van der Waals surface area (Å²) < 4.78 is 5.15. The van der Waals surface area contributed by atoms with E-state index in [2.05, 4.69) is 12.2 Å². The maximum atomic E-state index is 5.15. The lowest BCUT2D eigenvalue weighted by atomic mass is 10.3. The molecule has 0 amide bonds. The van der Waals surface area contributed by atoms with Gasteiger partial charge in [0.25, 0.3) is 0 Å². The maximum absolute atomic E-state index is 5.15. The summed E-state index contributed by atoms with van der Waals surface area (Å²) in [5.41, 5.74) is 0. The normalized spacial score (nSPS) is 10.9. The fourth-order valence-electron chi connectivity index (χ4n) is 0.614. The summed E-state index contributed by atoms with van der Waals surface area (Å²) >= 11 is 0. The molecule has 0 aliphatic heterocycles. The average molecular weight is 128 g/mol. The van der Waals surface area contributed by atoms with Crippen molar-refractivity contribution in [1.82, 2.24) is 0 Å². The molecule has 0 saturated heterocycles. The molecule has 0 radical (unpaired) electrons. The standard InChI is InChI=1S/C8H16O/c1-3-5-6-7-8-9-4-2/h3,5H,4,6-8H2,1-2H3. The Morgan fingerprint density at radius 1 is 1.44 bits per heavy atom. The number of ether oxygens (including phenoxy) is 1. The van der Waals surface area contributed by atoms with Crippen molar-refractivity contribution in [2.45, 2.75) is 26.7 Å². The van der Waals surface area contributed by atoms with Crippen LogP contribution >= 0.6 is 0 Å². The largest absolute Gasteiger partial charge is 0.382 e. The van der Waals surface area contributed by atoms with Crippen molar-refractivity contribution in [2.24, 2.45) is 0 Å². The lowest BCUT2D eigenvalue weighted by Crippen LogP contribution is -1.91. The summed E-state index contributed by atoms with van der Waals surface area (Å²) in [6.45, 7) is 5.81. The van der Waals surface area contributed by atoms with E-state index in [1.807, 2.05) is 13.8 Å². The second-order valence-electron chi connectivity index (χ2n) is 1.91. The molecule has 1 nitrogen and oxygen atoms in total. The molecule has 0 heterocycles. The predicted molar refractivity (Wildman–Crippen MR) is 40.5 cm³/mol. The van der Waals surface area contributed by atoms with E-state index in [-0.39, 0.29) is 0 Å². The zero-order valence-electron chi connectivity index (χ0n) is 6.39. The van der Waals surface area contributed by atoms with Crippen LogP contribution in [0.1, 0.15) is 26.7 Å². The monoisotopic (exact) mass is 128 g/mol. The van der Waals surface area contributed by atoms with Gasteiger partial charge in [0.15, 0.2) is 0 Å². The Balaban J connectivity index is 2.75. The third-order valence-corrected chi connectivity index (χ3v) is 1.10. The maximum Gasteiger partial charge on any atom is 0.0468 e. The van der Waals surface area contributed by atoms with Crippen LogP contribution in [0, 0.1) is 0 Å². The summed E-state index contributed by atoms with van der Waals surface area (Å²) in [6, 6.07) is 0. The molecule has 0 saturated carbocycles. The minimum atomic E-state index is 0.843. The first-order chi connectivity index (χ1) is 4.41. The highest BCUT2D eigenvalue weighted by molar-refractivity contribution is 4.75. The van der Waals surface area contributed by atoms with Crippen LogP contribution in [-0.4, -0.2) is 13.2 Å². The Labute approximate surface area is 57.7 Å². The molecular formula is C8H16O. The Kier molecular flexibility index (Phi) is 7.44. The second-order valence-corrected chi connectivity index (χ2v) is 1.91. The SMILES string of the molecule is CC=CCCCOCC. The molecule has 0 bridgehead atoms. The molecule has 0 aromatic rings. The van der Waals surface area contributed by atoms with Crippen molar-refractivity contribution in [3.05, 3.63) is 12.2 Å². The molecule has 0 N–H and O–H groups in total. The van der Waals surface area contributed by atoms with Crippen molar-refractivity contribution in [2.75, 3.05) is 13.2 Å². The lowest BCUT2D eigenvalue weighted by molar-refractivity contribution is 0.145. The quantitative estimate of drug-likeness (QED) is 0.408. The fraction of sp³-hybridized carbons (Fsp3) is 0.750. The summed E-state index contributed by atoms with van der Waals surface area (Å²) in [6.07, 6.45) is 6.54. The van der Waals surface area contributed by atoms with Gasteiger partial charge in [-0.05, 0) is 26.7 Å². The molecule has 0 aliphatic rings. The van der Waals surface area contributed by atoms with E-state index in [1.165, 1.54) is 0 Å². The zero-order valence-corrected chi connectivity index (χ0v) is 6.39. The Bertz CT molecular complexity index is 67.0. The molecule has 0 aromatic heterocycles. The van der Waals surface area contributed by atoms with Gasteiger partial charge in [0, 0.05) is 13.2 Å². The zero-order chi connectivity index (χ0) is 6.95. The van der Waals surface area contributed by atoms with E-state index in [9.17, 15) is 0 Å². The average Bonchev–Trinajstić information content (AvgIpc) is 1.89. The summed E-state index contributed by atoms with van der Waals surface area (Å²) in [5.74, 6) is 0. The van der Waals surface area contributed by atoms with Gasteiger partial charge >= 0.3 is 0 Å². The number of allylic oxidation sites excluding steroid dienone is 2. The van der Waals surface area contributed by atoms with Crippen LogP contribution in [0.25, 0.3) is 0 Å². The van der Waals surface area contributed by atoms with Gasteiger partial charge in [-0.15, -0.1) is 0 Å².